The molecule has 2 aromatic rings. The van der Waals surface area contributed by atoms with Gasteiger partial charge in [0.1, 0.15) is 6.54 Å². The molecule has 7 heteroatoms. The van der Waals surface area contributed by atoms with Gasteiger partial charge in [0.05, 0.1) is 11.9 Å². The second-order valence-corrected chi connectivity index (χ2v) is 5.55. The Hall–Kier alpha value is -2.16. The van der Waals surface area contributed by atoms with Gasteiger partial charge in [-0.2, -0.15) is 0 Å². The summed E-state index contributed by atoms with van der Waals surface area (Å²) in [6, 6.07) is 11.6. The summed E-state index contributed by atoms with van der Waals surface area (Å²) < 4.78 is 0. The van der Waals surface area contributed by atoms with Crippen LogP contribution in [0.3, 0.4) is 0 Å². The van der Waals surface area contributed by atoms with Crippen LogP contribution in [0.5, 0.6) is 0 Å². The molecule has 0 saturated carbocycles. The number of aromatic nitrogens is 1. The molecule has 0 saturated heterocycles. The van der Waals surface area contributed by atoms with Crippen molar-refractivity contribution in [2.45, 2.75) is 26.2 Å². The molecule has 134 valence electrons. The highest BCUT2D eigenvalue weighted by Crippen LogP contribution is 2.20. The Morgan fingerprint density at radius 1 is 1.20 bits per heavy atom. The smallest absolute Gasteiger partial charge is 0.246 e. The standard InChI is InChI=1S/C18H23N5O.HI/c1-3-13(2)14-6-8-15(9-7-14)23-18(19)21-12-17(24)22-16-5-4-10-20-11-16;/h4-11,13H,3,12H2,1-2H3,(H,22,24)(H3,19,21,23);1H. The fourth-order valence-corrected chi connectivity index (χ4v) is 2.11. The Morgan fingerprint density at radius 2 is 1.92 bits per heavy atom. The quantitative estimate of drug-likeness (QED) is 0.354. The highest BCUT2D eigenvalue weighted by atomic mass is 127. The molecule has 0 aliphatic heterocycles. The summed E-state index contributed by atoms with van der Waals surface area (Å²) in [4.78, 5) is 19.8. The van der Waals surface area contributed by atoms with Gasteiger partial charge in [-0.15, -0.1) is 24.0 Å². The highest BCUT2D eigenvalue weighted by Gasteiger charge is 2.04. The van der Waals surface area contributed by atoms with Crippen LogP contribution in [0.15, 0.2) is 53.8 Å². The van der Waals surface area contributed by atoms with E-state index >= 15 is 0 Å². The van der Waals surface area contributed by atoms with Gasteiger partial charge in [-0.25, -0.2) is 4.99 Å². The van der Waals surface area contributed by atoms with Crippen LogP contribution in [-0.2, 0) is 4.79 Å². The van der Waals surface area contributed by atoms with Gasteiger partial charge in [-0.05, 0) is 42.2 Å². The maximum atomic E-state index is 11.8. The Labute approximate surface area is 165 Å². The molecule has 0 radical (unpaired) electrons. The molecule has 2 rings (SSSR count). The molecule has 4 N–H and O–H groups in total. The molecular formula is C18H24IN5O. The minimum absolute atomic E-state index is 0. The number of nitrogens with two attached hydrogens (primary N) is 1. The van der Waals surface area contributed by atoms with E-state index in [2.05, 4.69) is 46.6 Å². The number of aliphatic imine (C=N–C) groups is 1. The number of rotatable bonds is 6. The van der Waals surface area contributed by atoms with E-state index in [9.17, 15) is 4.79 Å². The van der Waals surface area contributed by atoms with Crippen molar-refractivity contribution in [3.05, 3.63) is 54.4 Å². The number of carbonyl (C=O) groups excluding carboxylic acids is 1. The summed E-state index contributed by atoms with van der Waals surface area (Å²) in [6.07, 6.45) is 4.31. The second-order valence-electron chi connectivity index (χ2n) is 5.55. The third-order valence-electron chi connectivity index (χ3n) is 3.70. The minimum atomic E-state index is -0.250. The van der Waals surface area contributed by atoms with Gasteiger partial charge in [-0.3, -0.25) is 9.78 Å². The van der Waals surface area contributed by atoms with Crippen molar-refractivity contribution < 1.29 is 4.79 Å². The molecule has 0 spiro atoms. The number of amides is 1. The Kier molecular flexibility index (Phi) is 8.90. The van der Waals surface area contributed by atoms with Crippen LogP contribution in [0.4, 0.5) is 11.4 Å². The van der Waals surface area contributed by atoms with Gasteiger partial charge in [0, 0.05) is 11.9 Å². The van der Waals surface area contributed by atoms with E-state index in [1.807, 2.05) is 12.1 Å². The number of pyridine rings is 1. The first-order valence-corrected chi connectivity index (χ1v) is 7.95. The number of halogens is 1. The zero-order valence-corrected chi connectivity index (χ0v) is 16.7. The van der Waals surface area contributed by atoms with Crippen LogP contribution in [0.25, 0.3) is 0 Å². The lowest BCUT2D eigenvalue weighted by Gasteiger charge is -2.10. The predicted octanol–water partition coefficient (Wildman–Crippen LogP) is 3.58. The van der Waals surface area contributed by atoms with Crippen molar-refractivity contribution in [2.24, 2.45) is 10.7 Å². The zero-order chi connectivity index (χ0) is 17.4. The molecule has 1 atom stereocenters. The van der Waals surface area contributed by atoms with Crippen LogP contribution in [-0.4, -0.2) is 23.4 Å². The van der Waals surface area contributed by atoms with Crippen molar-refractivity contribution in [3.8, 4) is 0 Å². The number of hydrogen-bond acceptors (Lipinski definition) is 3. The normalized spacial score (nSPS) is 12.0. The van der Waals surface area contributed by atoms with Gasteiger partial charge in [0.15, 0.2) is 5.96 Å². The molecule has 1 unspecified atom stereocenters. The Bertz CT molecular complexity index is 688. The average Bonchev–Trinajstić information content (AvgIpc) is 2.61. The third kappa shape index (κ3) is 7.08. The van der Waals surface area contributed by atoms with E-state index in [-0.39, 0.29) is 42.4 Å². The van der Waals surface area contributed by atoms with E-state index in [4.69, 9.17) is 5.73 Å². The Morgan fingerprint density at radius 3 is 2.52 bits per heavy atom. The van der Waals surface area contributed by atoms with Crippen LogP contribution in [0.2, 0.25) is 0 Å². The van der Waals surface area contributed by atoms with Crippen molar-refractivity contribution in [1.29, 1.82) is 0 Å². The van der Waals surface area contributed by atoms with Gasteiger partial charge in [-0.1, -0.05) is 26.0 Å². The number of anilines is 2. The van der Waals surface area contributed by atoms with Gasteiger partial charge in [0.25, 0.3) is 0 Å². The third-order valence-corrected chi connectivity index (χ3v) is 3.70. The fourth-order valence-electron chi connectivity index (χ4n) is 2.11. The molecule has 0 fully saturated rings. The number of guanidine groups is 1. The van der Waals surface area contributed by atoms with Gasteiger partial charge in [0.2, 0.25) is 5.91 Å². The summed E-state index contributed by atoms with van der Waals surface area (Å²) in [5, 5.41) is 5.68. The lowest BCUT2D eigenvalue weighted by atomic mass is 9.99. The van der Waals surface area contributed by atoms with Crippen LogP contribution in [0.1, 0.15) is 31.7 Å². The average molecular weight is 453 g/mol. The van der Waals surface area contributed by atoms with Crippen molar-refractivity contribution in [2.75, 3.05) is 17.2 Å². The summed E-state index contributed by atoms with van der Waals surface area (Å²) in [5.41, 5.74) is 8.58. The molecule has 1 aromatic carbocycles. The first-order valence-electron chi connectivity index (χ1n) is 7.95. The number of hydrogen-bond donors (Lipinski definition) is 3. The molecule has 1 amide bonds. The molecule has 1 aromatic heterocycles. The number of nitrogens with zero attached hydrogens (tertiary/aromatic N) is 2. The number of benzene rings is 1. The SMILES string of the molecule is CCC(C)c1ccc(NC(N)=NCC(=O)Nc2cccnc2)cc1.I. The fraction of sp³-hybridized carbons (Fsp3) is 0.278. The summed E-state index contributed by atoms with van der Waals surface area (Å²) >= 11 is 0. The molecule has 25 heavy (non-hydrogen) atoms. The van der Waals surface area contributed by atoms with Crippen LogP contribution >= 0.6 is 24.0 Å². The maximum Gasteiger partial charge on any atom is 0.246 e. The first kappa shape index (κ1) is 20.9. The molecule has 6 nitrogen and oxygen atoms in total. The van der Waals surface area contributed by atoms with E-state index < -0.39 is 0 Å². The van der Waals surface area contributed by atoms with E-state index in [1.165, 1.54) is 5.56 Å². The predicted molar refractivity (Wildman–Crippen MR) is 114 cm³/mol. The van der Waals surface area contributed by atoms with Gasteiger partial charge >= 0.3 is 0 Å². The molecule has 1 heterocycles. The molecule has 0 aliphatic rings. The molecular weight excluding hydrogens is 429 g/mol. The second kappa shape index (κ2) is 10.7. The number of carbonyl (C=O) groups is 1. The number of nitrogens with one attached hydrogen (secondary N) is 2. The van der Waals surface area contributed by atoms with Crippen molar-refractivity contribution in [3.63, 3.8) is 0 Å². The minimum Gasteiger partial charge on any atom is -0.370 e. The van der Waals surface area contributed by atoms with E-state index in [0.29, 0.717) is 11.6 Å². The summed E-state index contributed by atoms with van der Waals surface area (Å²) in [6.45, 7) is 4.30. The Balaban J connectivity index is 0.00000312. The first-order chi connectivity index (χ1) is 11.6. The highest BCUT2D eigenvalue weighted by molar-refractivity contribution is 14.0. The topological polar surface area (TPSA) is 92.4 Å². The van der Waals surface area contributed by atoms with E-state index in [0.717, 1.165) is 12.1 Å². The summed E-state index contributed by atoms with van der Waals surface area (Å²) in [7, 11) is 0. The monoisotopic (exact) mass is 453 g/mol. The van der Waals surface area contributed by atoms with E-state index in [1.54, 1.807) is 24.5 Å². The molecule has 0 aliphatic carbocycles. The van der Waals surface area contributed by atoms with Crippen LogP contribution in [0, 0.1) is 0 Å². The lowest BCUT2D eigenvalue weighted by Crippen LogP contribution is -2.25. The summed E-state index contributed by atoms with van der Waals surface area (Å²) in [5.74, 6) is 0.480. The molecule has 0 bridgehead atoms. The van der Waals surface area contributed by atoms with Crippen LogP contribution < -0.4 is 16.4 Å². The van der Waals surface area contributed by atoms with Crippen molar-refractivity contribution >= 4 is 47.2 Å². The largest absolute Gasteiger partial charge is 0.370 e. The zero-order valence-electron chi connectivity index (χ0n) is 14.4. The van der Waals surface area contributed by atoms with Gasteiger partial charge < -0.3 is 16.4 Å². The maximum absolute atomic E-state index is 11.8. The lowest BCUT2D eigenvalue weighted by molar-refractivity contribution is -0.114. The van der Waals surface area contributed by atoms with Crippen molar-refractivity contribution in [1.82, 2.24) is 4.98 Å².